The number of hydrogen-bond donors (Lipinski definition) is 3. The minimum atomic E-state index is -0.541. The van der Waals surface area contributed by atoms with Gasteiger partial charge in [0, 0.05) is 13.1 Å². The highest BCUT2D eigenvalue weighted by atomic mass is 16.6. The van der Waals surface area contributed by atoms with Gasteiger partial charge in [-0.1, -0.05) is 0 Å². The van der Waals surface area contributed by atoms with E-state index in [1.807, 2.05) is 6.92 Å². The lowest BCUT2D eigenvalue weighted by Gasteiger charge is -2.09. The molecule has 8 nitrogen and oxygen atoms in total. The van der Waals surface area contributed by atoms with Gasteiger partial charge in [-0.15, -0.1) is 0 Å². The summed E-state index contributed by atoms with van der Waals surface area (Å²) in [5.41, 5.74) is -0.178. The van der Waals surface area contributed by atoms with Crippen LogP contribution in [0.2, 0.25) is 0 Å². The van der Waals surface area contributed by atoms with E-state index in [9.17, 15) is 10.1 Å². The molecule has 8 heteroatoms. The number of nitrogens with zero attached hydrogens (tertiary/aromatic N) is 3. The van der Waals surface area contributed by atoms with Crippen LogP contribution in [-0.4, -0.2) is 39.2 Å². The molecule has 0 amide bonds. The van der Waals surface area contributed by atoms with Gasteiger partial charge in [0.15, 0.2) is 0 Å². The Balaban J connectivity index is 2.82. The van der Waals surface area contributed by atoms with Gasteiger partial charge in [-0.2, -0.15) is 4.98 Å². The number of nitro groups is 1. The fourth-order valence-electron chi connectivity index (χ4n) is 1.28. The van der Waals surface area contributed by atoms with Crippen LogP contribution in [0.5, 0.6) is 0 Å². The van der Waals surface area contributed by atoms with Gasteiger partial charge in [0.1, 0.15) is 6.20 Å². The standard InChI is InChI=1S/C10H17N5O3/c1-3-11-10-13-6-8(15(17)18)9(14-10)12-5-4-7(2)16/h6-7,16H,3-5H2,1-2H3,(H2,11,12,13,14). The summed E-state index contributed by atoms with van der Waals surface area (Å²) in [6.45, 7) is 4.57. The van der Waals surface area contributed by atoms with E-state index in [-0.39, 0.29) is 11.5 Å². The summed E-state index contributed by atoms with van der Waals surface area (Å²) >= 11 is 0. The third-order valence-electron chi connectivity index (χ3n) is 2.16. The van der Waals surface area contributed by atoms with Crippen LogP contribution in [0.4, 0.5) is 17.5 Å². The Labute approximate surface area is 105 Å². The molecule has 1 heterocycles. The Morgan fingerprint density at radius 1 is 1.56 bits per heavy atom. The van der Waals surface area contributed by atoms with E-state index < -0.39 is 11.0 Å². The highest BCUT2D eigenvalue weighted by Crippen LogP contribution is 2.21. The Kier molecular flexibility index (Phi) is 5.25. The second-order valence-electron chi connectivity index (χ2n) is 3.78. The Bertz CT molecular complexity index is 410. The molecule has 0 bridgehead atoms. The zero-order valence-electron chi connectivity index (χ0n) is 10.4. The Morgan fingerprint density at radius 2 is 2.28 bits per heavy atom. The van der Waals surface area contributed by atoms with E-state index in [1.54, 1.807) is 6.92 Å². The Morgan fingerprint density at radius 3 is 2.83 bits per heavy atom. The lowest BCUT2D eigenvalue weighted by Crippen LogP contribution is -2.13. The average molecular weight is 255 g/mol. The third kappa shape index (κ3) is 4.13. The summed E-state index contributed by atoms with van der Waals surface area (Å²) in [6, 6.07) is 0. The van der Waals surface area contributed by atoms with Crippen LogP contribution in [0.1, 0.15) is 20.3 Å². The fraction of sp³-hybridized carbons (Fsp3) is 0.600. The SMILES string of the molecule is CCNc1ncc([N+](=O)[O-])c(NCCC(C)O)n1. The third-order valence-corrected chi connectivity index (χ3v) is 2.16. The predicted molar refractivity (Wildman–Crippen MR) is 67.6 cm³/mol. The van der Waals surface area contributed by atoms with Gasteiger partial charge in [-0.05, 0) is 20.3 Å². The first kappa shape index (κ1) is 14.1. The first-order valence-electron chi connectivity index (χ1n) is 5.71. The van der Waals surface area contributed by atoms with E-state index >= 15 is 0 Å². The van der Waals surface area contributed by atoms with Crippen molar-refractivity contribution < 1.29 is 10.0 Å². The molecule has 0 aromatic carbocycles. The highest BCUT2D eigenvalue weighted by Gasteiger charge is 2.16. The van der Waals surface area contributed by atoms with Gasteiger partial charge in [-0.25, -0.2) is 4.98 Å². The second-order valence-corrected chi connectivity index (χ2v) is 3.78. The van der Waals surface area contributed by atoms with E-state index in [4.69, 9.17) is 5.11 Å². The smallest absolute Gasteiger partial charge is 0.329 e. The van der Waals surface area contributed by atoms with E-state index in [2.05, 4.69) is 20.6 Å². The summed E-state index contributed by atoms with van der Waals surface area (Å²) < 4.78 is 0. The zero-order valence-corrected chi connectivity index (χ0v) is 10.4. The first-order chi connectivity index (χ1) is 8.54. The summed E-state index contributed by atoms with van der Waals surface area (Å²) in [6.07, 6.45) is 1.18. The molecule has 0 aliphatic rings. The average Bonchev–Trinajstić information content (AvgIpc) is 2.29. The van der Waals surface area contributed by atoms with Crippen molar-refractivity contribution in [2.45, 2.75) is 26.4 Å². The van der Waals surface area contributed by atoms with Crippen LogP contribution < -0.4 is 10.6 Å². The van der Waals surface area contributed by atoms with Crippen molar-refractivity contribution in [2.75, 3.05) is 23.7 Å². The quantitative estimate of drug-likeness (QED) is 0.492. The molecular formula is C10H17N5O3. The second kappa shape index (κ2) is 6.70. The molecular weight excluding hydrogens is 238 g/mol. The molecule has 1 aromatic rings. The molecule has 1 aromatic heterocycles. The summed E-state index contributed by atoms with van der Waals surface area (Å²) in [4.78, 5) is 18.1. The molecule has 100 valence electrons. The van der Waals surface area contributed by atoms with Crippen LogP contribution in [0, 0.1) is 10.1 Å². The van der Waals surface area contributed by atoms with Crippen molar-refractivity contribution in [3.8, 4) is 0 Å². The minimum Gasteiger partial charge on any atom is -0.393 e. The molecule has 18 heavy (non-hydrogen) atoms. The predicted octanol–water partition coefficient (Wildman–Crippen LogP) is 0.999. The molecule has 0 fully saturated rings. The summed E-state index contributed by atoms with van der Waals surface area (Å²) in [5, 5.41) is 25.6. The Hall–Kier alpha value is -1.96. The number of nitrogens with one attached hydrogen (secondary N) is 2. The lowest BCUT2D eigenvalue weighted by atomic mass is 10.3. The molecule has 0 radical (unpaired) electrons. The normalized spacial score (nSPS) is 11.9. The van der Waals surface area contributed by atoms with Crippen LogP contribution in [-0.2, 0) is 0 Å². The maximum Gasteiger partial charge on any atom is 0.329 e. The summed E-state index contributed by atoms with van der Waals surface area (Å²) in [7, 11) is 0. The van der Waals surface area contributed by atoms with Gasteiger partial charge in [-0.3, -0.25) is 10.1 Å². The number of hydrogen-bond acceptors (Lipinski definition) is 7. The van der Waals surface area contributed by atoms with Crippen LogP contribution in [0.25, 0.3) is 0 Å². The molecule has 0 saturated heterocycles. The van der Waals surface area contributed by atoms with Gasteiger partial charge < -0.3 is 15.7 Å². The van der Waals surface area contributed by atoms with Crippen LogP contribution in [0.3, 0.4) is 0 Å². The van der Waals surface area contributed by atoms with Gasteiger partial charge >= 0.3 is 5.69 Å². The number of anilines is 2. The minimum absolute atomic E-state index is 0.159. The van der Waals surface area contributed by atoms with E-state index in [1.165, 1.54) is 0 Å². The van der Waals surface area contributed by atoms with Crippen molar-refractivity contribution in [1.29, 1.82) is 0 Å². The molecule has 1 atom stereocenters. The molecule has 0 saturated carbocycles. The largest absolute Gasteiger partial charge is 0.393 e. The lowest BCUT2D eigenvalue weighted by molar-refractivity contribution is -0.384. The molecule has 0 spiro atoms. The molecule has 0 aliphatic carbocycles. The maximum atomic E-state index is 10.8. The monoisotopic (exact) mass is 255 g/mol. The van der Waals surface area contributed by atoms with E-state index in [0.717, 1.165) is 6.20 Å². The molecule has 3 N–H and O–H groups in total. The summed E-state index contributed by atoms with van der Waals surface area (Å²) in [5.74, 6) is 0.495. The topological polar surface area (TPSA) is 113 Å². The molecule has 0 aliphatic heterocycles. The van der Waals surface area contributed by atoms with Crippen molar-refractivity contribution in [1.82, 2.24) is 9.97 Å². The molecule has 1 rings (SSSR count). The zero-order chi connectivity index (χ0) is 13.5. The van der Waals surface area contributed by atoms with Crippen molar-refractivity contribution in [3.63, 3.8) is 0 Å². The first-order valence-corrected chi connectivity index (χ1v) is 5.71. The van der Waals surface area contributed by atoms with Gasteiger partial charge in [0.2, 0.25) is 11.8 Å². The van der Waals surface area contributed by atoms with Crippen molar-refractivity contribution in [2.24, 2.45) is 0 Å². The number of rotatable bonds is 7. The van der Waals surface area contributed by atoms with Crippen LogP contribution >= 0.6 is 0 Å². The van der Waals surface area contributed by atoms with Crippen molar-refractivity contribution >= 4 is 17.5 Å². The molecule has 1 unspecified atom stereocenters. The maximum absolute atomic E-state index is 10.8. The number of aromatic nitrogens is 2. The van der Waals surface area contributed by atoms with Gasteiger partial charge in [0.05, 0.1) is 11.0 Å². The fourth-order valence-corrected chi connectivity index (χ4v) is 1.28. The van der Waals surface area contributed by atoms with E-state index in [0.29, 0.717) is 25.5 Å². The van der Waals surface area contributed by atoms with Crippen LogP contribution in [0.15, 0.2) is 6.20 Å². The van der Waals surface area contributed by atoms with Crippen molar-refractivity contribution in [3.05, 3.63) is 16.3 Å². The number of aliphatic hydroxyl groups excluding tert-OH is 1. The van der Waals surface area contributed by atoms with Gasteiger partial charge in [0.25, 0.3) is 0 Å². The number of aliphatic hydroxyl groups is 1. The highest BCUT2D eigenvalue weighted by molar-refractivity contribution is 5.56.